The van der Waals surface area contributed by atoms with E-state index in [1.165, 1.54) is 23.3 Å². The Balaban J connectivity index is 1.40. The van der Waals surface area contributed by atoms with Crippen LogP contribution in [0.1, 0.15) is 60.4 Å². The molecule has 3 nitrogen and oxygen atoms in total. The number of halogens is 4. The second kappa shape index (κ2) is 11.1. The van der Waals surface area contributed by atoms with Gasteiger partial charge in [-0.15, -0.1) is 0 Å². The molecule has 1 aliphatic heterocycles. The van der Waals surface area contributed by atoms with Gasteiger partial charge in [0, 0.05) is 31.2 Å². The standard InChI is InChI=1S/C30H30F4N2O/c31-21-10-11-28(34)27(19-21)30(37)36(25-17-22(32)16-23(33)18-25)24-12-14-35(15-13-24)29-9-5-4-8-26(29)20-6-2-1-3-7-20/h1-3,6-7,10-11,16-19,24,26,29H,4-5,8-9,12-15H2/t26-,29-/m1/s1. The molecule has 0 bridgehead atoms. The van der Waals surface area contributed by atoms with Crippen molar-refractivity contribution in [1.29, 1.82) is 0 Å². The first kappa shape index (κ1) is 25.5. The van der Waals surface area contributed by atoms with Crippen LogP contribution in [0.2, 0.25) is 0 Å². The van der Waals surface area contributed by atoms with Gasteiger partial charge in [0.2, 0.25) is 0 Å². The highest BCUT2D eigenvalue weighted by molar-refractivity contribution is 6.06. The van der Waals surface area contributed by atoms with Crippen LogP contribution < -0.4 is 4.90 Å². The average Bonchev–Trinajstić information content (AvgIpc) is 2.90. The van der Waals surface area contributed by atoms with E-state index in [0.717, 1.165) is 49.2 Å². The lowest BCUT2D eigenvalue weighted by molar-refractivity contribution is 0.0891. The van der Waals surface area contributed by atoms with Crippen LogP contribution in [0.3, 0.4) is 0 Å². The van der Waals surface area contributed by atoms with Crippen molar-refractivity contribution in [3.63, 3.8) is 0 Å². The maximum absolute atomic E-state index is 14.6. The fourth-order valence-electron chi connectivity index (χ4n) is 6.08. The molecule has 194 valence electrons. The molecule has 0 N–H and O–H groups in total. The van der Waals surface area contributed by atoms with E-state index in [4.69, 9.17) is 0 Å². The first-order valence-corrected chi connectivity index (χ1v) is 12.9. The molecular formula is C30H30F4N2O. The van der Waals surface area contributed by atoms with E-state index in [2.05, 4.69) is 29.2 Å². The second-order valence-electron chi connectivity index (χ2n) is 10.1. The molecule has 5 rings (SSSR count). The highest BCUT2D eigenvalue weighted by atomic mass is 19.1. The minimum atomic E-state index is -0.876. The summed E-state index contributed by atoms with van der Waals surface area (Å²) in [4.78, 5) is 17.2. The topological polar surface area (TPSA) is 23.6 Å². The van der Waals surface area contributed by atoms with Crippen molar-refractivity contribution in [2.45, 2.75) is 56.5 Å². The number of nitrogens with zero attached hydrogens (tertiary/aromatic N) is 2. The van der Waals surface area contributed by atoms with Crippen molar-refractivity contribution in [3.05, 3.63) is 101 Å². The predicted molar refractivity (Wildman–Crippen MR) is 136 cm³/mol. The Morgan fingerprint density at radius 1 is 0.757 bits per heavy atom. The number of hydrogen-bond acceptors (Lipinski definition) is 2. The van der Waals surface area contributed by atoms with Gasteiger partial charge in [-0.2, -0.15) is 0 Å². The summed E-state index contributed by atoms with van der Waals surface area (Å²) in [6, 6.07) is 16.0. The van der Waals surface area contributed by atoms with E-state index in [1.54, 1.807) is 0 Å². The maximum atomic E-state index is 14.6. The monoisotopic (exact) mass is 510 g/mol. The molecule has 3 aromatic rings. The van der Waals surface area contributed by atoms with Gasteiger partial charge in [-0.25, -0.2) is 17.6 Å². The molecule has 1 heterocycles. The zero-order valence-electron chi connectivity index (χ0n) is 20.6. The minimum absolute atomic E-state index is 0.00411. The third-order valence-electron chi connectivity index (χ3n) is 7.79. The quantitative estimate of drug-likeness (QED) is 0.343. The van der Waals surface area contributed by atoms with E-state index < -0.39 is 40.8 Å². The summed E-state index contributed by atoms with van der Waals surface area (Å²) in [6.07, 6.45) is 5.69. The highest BCUT2D eigenvalue weighted by Gasteiger charge is 2.36. The third kappa shape index (κ3) is 5.57. The summed E-state index contributed by atoms with van der Waals surface area (Å²) in [7, 11) is 0. The molecule has 1 saturated heterocycles. The zero-order chi connectivity index (χ0) is 25.9. The van der Waals surface area contributed by atoms with Crippen LogP contribution in [0.15, 0.2) is 66.7 Å². The first-order valence-electron chi connectivity index (χ1n) is 12.9. The summed E-state index contributed by atoms with van der Waals surface area (Å²) in [6.45, 7) is 1.40. The van der Waals surface area contributed by atoms with Crippen LogP contribution in [0.5, 0.6) is 0 Å². The molecular weight excluding hydrogens is 480 g/mol. The predicted octanol–water partition coefficient (Wildman–Crippen LogP) is 7.08. The number of hydrogen-bond donors (Lipinski definition) is 0. The van der Waals surface area contributed by atoms with Crippen LogP contribution in [0.4, 0.5) is 23.2 Å². The van der Waals surface area contributed by atoms with Gasteiger partial charge in [0.15, 0.2) is 0 Å². The van der Waals surface area contributed by atoms with Gasteiger partial charge in [-0.05, 0) is 67.5 Å². The van der Waals surface area contributed by atoms with E-state index in [1.807, 2.05) is 6.07 Å². The van der Waals surface area contributed by atoms with E-state index in [0.29, 0.717) is 37.9 Å². The SMILES string of the molecule is O=C(c1cc(F)ccc1F)N(c1cc(F)cc(F)c1)C1CCN([C@@H]2CCCC[C@@H]2c2ccccc2)CC1. The van der Waals surface area contributed by atoms with Gasteiger partial charge in [-0.3, -0.25) is 9.69 Å². The summed E-state index contributed by atoms with van der Waals surface area (Å²) >= 11 is 0. The van der Waals surface area contributed by atoms with Crippen LogP contribution in [-0.4, -0.2) is 36.0 Å². The number of carbonyl (C=O) groups excluding carboxylic acids is 1. The molecule has 2 atom stereocenters. The third-order valence-corrected chi connectivity index (χ3v) is 7.79. The number of rotatable bonds is 5. The molecule has 1 amide bonds. The maximum Gasteiger partial charge on any atom is 0.261 e. The Kier molecular flexibility index (Phi) is 7.60. The molecule has 3 aromatic carbocycles. The Hall–Kier alpha value is -3.19. The smallest absolute Gasteiger partial charge is 0.261 e. The molecule has 0 unspecified atom stereocenters. The Morgan fingerprint density at radius 3 is 2.14 bits per heavy atom. The van der Waals surface area contributed by atoms with Crippen molar-refractivity contribution in [1.82, 2.24) is 4.90 Å². The number of likely N-dealkylation sites (tertiary alicyclic amines) is 1. The second-order valence-corrected chi connectivity index (χ2v) is 10.1. The average molecular weight is 511 g/mol. The fourth-order valence-corrected chi connectivity index (χ4v) is 6.08. The fraction of sp³-hybridized carbons (Fsp3) is 0.367. The van der Waals surface area contributed by atoms with Gasteiger partial charge < -0.3 is 4.90 Å². The largest absolute Gasteiger partial charge is 0.305 e. The summed E-state index contributed by atoms with van der Waals surface area (Å²) < 4.78 is 56.8. The minimum Gasteiger partial charge on any atom is -0.305 e. The zero-order valence-corrected chi connectivity index (χ0v) is 20.6. The van der Waals surface area contributed by atoms with Gasteiger partial charge in [-0.1, -0.05) is 43.2 Å². The molecule has 0 spiro atoms. The van der Waals surface area contributed by atoms with Crippen LogP contribution >= 0.6 is 0 Å². The van der Waals surface area contributed by atoms with Gasteiger partial charge in [0.1, 0.15) is 23.3 Å². The number of carbonyl (C=O) groups is 1. The van der Waals surface area contributed by atoms with Crippen molar-refractivity contribution < 1.29 is 22.4 Å². The number of amides is 1. The van der Waals surface area contributed by atoms with Crippen LogP contribution in [0, 0.1) is 23.3 Å². The summed E-state index contributed by atoms with van der Waals surface area (Å²) in [5.74, 6) is -3.67. The summed E-state index contributed by atoms with van der Waals surface area (Å²) in [5, 5.41) is 0. The number of piperidine rings is 1. The number of anilines is 1. The van der Waals surface area contributed by atoms with Crippen molar-refractivity contribution >= 4 is 11.6 Å². The number of benzene rings is 3. The normalized spacial score (nSPS) is 21.1. The van der Waals surface area contributed by atoms with Gasteiger partial charge in [0.25, 0.3) is 5.91 Å². The Morgan fingerprint density at radius 2 is 1.43 bits per heavy atom. The molecule has 1 saturated carbocycles. The Labute approximate surface area is 214 Å². The molecule has 7 heteroatoms. The van der Waals surface area contributed by atoms with Crippen molar-refractivity contribution in [3.8, 4) is 0 Å². The van der Waals surface area contributed by atoms with E-state index in [-0.39, 0.29) is 5.69 Å². The lowest BCUT2D eigenvalue weighted by atomic mass is 9.78. The highest BCUT2D eigenvalue weighted by Crippen LogP contribution is 2.38. The van der Waals surface area contributed by atoms with Gasteiger partial charge in [0.05, 0.1) is 11.3 Å². The van der Waals surface area contributed by atoms with Gasteiger partial charge >= 0.3 is 0 Å². The first-order chi connectivity index (χ1) is 17.9. The molecule has 1 aliphatic carbocycles. The van der Waals surface area contributed by atoms with Crippen LogP contribution in [0.25, 0.3) is 0 Å². The lowest BCUT2D eigenvalue weighted by Crippen LogP contribution is -2.52. The lowest BCUT2D eigenvalue weighted by Gasteiger charge is -2.45. The molecule has 0 radical (unpaired) electrons. The molecule has 2 aliphatic rings. The van der Waals surface area contributed by atoms with E-state index in [9.17, 15) is 22.4 Å². The summed E-state index contributed by atoms with van der Waals surface area (Å²) in [5.41, 5.74) is 0.885. The molecule has 0 aromatic heterocycles. The Bertz CT molecular complexity index is 1220. The van der Waals surface area contributed by atoms with Crippen molar-refractivity contribution in [2.24, 2.45) is 0 Å². The van der Waals surface area contributed by atoms with Crippen molar-refractivity contribution in [2.75, 3.05) is 18.0 Å². The van der Waals surface area contributed by atoms with E-state index >= 15 is 0 Å². The molecule has 37 heavy (non-hydrogen) atoms. The molecule has 2 fully saturated rings. The van der Waals surface area contributed by atoms with Crippen LogP contribution in [-0.2, 0) is 0 Å².